The molecule has 3 aromatic rings. The van der Waals surface area contributed by atoms with E-state index in [2.05, 4.69) is 102 Å². The van der Waals surface area contributed by atoms with Gasteiger partial charge in [-0.15, -0.1) is 0 Å². The first kappa shape index (κ1) is 30.9. The van der Waals surface area contributed by atoms with Crippen LogP contribution in [-0.2, 0) is 27.9 Å². The molecule has 1 heterocycles. The zero-order valence-corrected chi connectivity index (χ0v) is 25.0. The van der Waals surface area contributed by atoms with Gasteiger partial charge in [-0.3, -0.25) is 9.69 Å². The van der Waals surface area contributed by atoms with Crippen LogP contribution in [0.2, 0.25) is 0 Å². The van der Waals surface area contributed by atoms with Gasteiger partial charge in [0.1, 0.15) is 0 Å². The SMILES string of the molecule is CC(C)COC[C@H](O)CN(CC(=O)N(CCc1c[nH]c2ccccc12)Cc1ccc(C(C)(C)C)cc1)C(C)C. The maximum absolute atomic E-state index is 13.8. The highest BCUT2D eigenvalue weighted by Gasteiger charge is 2.23. The van der Waals surface area contributed by atoms with Crippen LogP contribution in [0.15, 0.2) is 54.7 Å². The molecule has 2 N–H and O–H groups in total. The van der Waals surface area contributed by atoms with Crippen LogP contribution in [0.25, 0.3) is 10.9 Å². The van der Waals surface area contributed by atoms with Crippen molar-refractivity contribution in [1.29, 1.82) is 0 Å². The summed E-state index contributed by atoms with van der Waals surface area (Å²) in [4.78, 5) is 21.1. The predicted molar refractivity (Wildman–Crippen MR) is 161 cm³/mol. The van der Waals surface area contributed by atoms with Gasteiger partial charge in [0.25, 0.3) is 0 Å². The monoisotopic (exact) mass is 535 g/mol. The summed E-state index contributed by atoms with van der Waals surface area (Å²) in [6.45, 7) is 17.7. The van der Waals surface area contributed by atoms with Gasteiger partial charge in [-0.2, -0.15) is 0 Å². The van der Waals surface area contributed by atoms with Gasteiger partial charge < -0.3 is 19.7 Å². The molecule has 0 radical (unpaired) electrons. The second kappa shape index (κ2) is 14.1. The number of benzene rings is 2. The van der Waals surface area contributed by atoms with Crippen LogP contribution < -0.4 is 0 Å². The number of fused-ring (bicyclic) bond motifs is 1. The summed E-state index contributed by atoms with van der Waals surface area (Å²) in [7, 11) is 0. The standard InChI is InChI=1S/C33H49N3O3/c1-24(2)22-39-23-29(37)20-36(25(3)4)21-32(38)35(19-26-12-14-28(15-13-26)33(5,6)7)17-16-27-18-34-31-11-9-8-10-30(27)31/h8-15,18,24-25,29,34,37H,16-17,19-23H2,1-7H3/t29-/m1/s1. The molecule has 214 valence electrons. The van der Waals surface area contributed by atoms with Crippen LogP contribution in [0.3, 0.4) is 0 Å². The minimum absolute atomic E-state index is 0.0683. The third-order valence-corrected chi connectivity index (χ3v) is 7.15. The molecule has 0 aliphatic heterocycles. The maximum Gasteiger partial charge on any atom is 0.237 e. The van der Waals surface area contributed by atoms with E-state index in [0.29, 0.717) is 32.2 Å². The van der Waals surface area contributed by atoms with Gasteiger partial charge in [0.15, 0.2) is 0 Å². The summed E-state index contributed by atoms with van der Waals surface area (Å²) >= 11 is 0. The fourth-order valence-electron chi connectivity index (χ4n) is 4.71. The smallest absolute Gasteiger partial charge is 0.237 e. The molecule has 6 nitrogen and oxygen atoms in total. The van der Waals surface area contributed by atoms with Crippen LogP contribution in [0.4, 0.5) is 0 Å². The lowest BCUT2D eigenvalue weighted by Gasteiger charge is -2.31. The van der Waals surface area contributed by atoms with Gasteiger partial charge in [0.2, 0.25) is 5.91 Å². The summed E-state index contributed by atoms with van der Waals surface area (Å²) in [5, 5.41) is 11.8. The number of hydrogen-bond donors (Lipinski definition) is 2. The first-order valence-electron chi connectivity index (χ1n) is 14.4. The van der Waals surface area contributed by atoms with Crippen molar-refractivity contribution in [2.24, 2.45) is 5.92 Å². The topological polar surface area (TPSA) is 68.8 Å². The molecule has 39 heavy (non-hydrogen) atoms. The number of hydrogen-bond acceptors (Lipinski definition) is 4. The molecule has 0 saturated heterocycles. The number of rotatable bonds is 14. The highest BCUT2D eigenvalue weighted by molar-refractivity contribution is 5.83. The lowest BCUT2D eigenvalue weighted by atomic mass is 9.87. The van der Waals surface area contributed by atoms with Crippen molar-refractivity contribution < 1.29 is 14.6 Å². The first-order chi connectivity index (χ1) is 18.4. The third kappa shape index (κ3) is 9.48. The number of amides is 1. The zero-order valence-electron chi connectivity index (χ0n) is 25.0. The minimum Gasteiger partial charge on any atom is -0.389 e. The van der Waals surface area contributed by atoms with Crippen LogP contribution in [0, 0.1) is 5.92 Å². The molecular formula is C33H49N3O3. The van der Waals surface area contributed by atoms with E-state index in [-0.39, 0.29) is 30.5 Å². The molecule has 0 saturated carbocycles. The summed E-state index contributed by atoms with van der Waals surface area (Å²) in [6.07, 6.45) is 2.19. The van der Waals surface area contributed by atoms with Crippen molar-refractivity contribution in [3.05, 3.63) is 71.4 Å². The highest BCUT2D eigenvalue weighted by Crippen LogP contribution is 2.23. The molecule has 2 aromatic carbocycles. The second-order valence-electron chi connectivity index (χ2n) is 12.5. The Morgan fingerprint density at radius 2 is 1.69 bits per heavy atom. The average molecular weight is 536 g/mol. The fraction of sp³-hybridized carbons (Fsp3) is 0.545. The van der Waals surface area contributed by atoms with Crippen LogP contribution in [0.5, 0.6) is 0 Å². The number of H-pyrrole nitrogens is 1. The van der Waals surface area contributed by atoms with E-state index in [0.717, 1.165) is 17.5 Å². The number of nitrogens with one attached hydrogen (secondary N) is 1. The van der Waals surface area contributed by atoms with Crippen molar-refractivity contribution >= 4 is 16.8 Å². The van der Waals surface area contributed by atoms with E-state index in [9.17, 15) is 9.90 Å². The minimum atomic E-state index is -0.636. The molecule has 6 heteroatoms. The molecule has 0 unspecified atom stereocenters. The second-order valence-corrected chi connectivity index (χ2v) is 12.5. The number of ether oxygens (including phenoxy) is 1. The number of aliphatic hydroxyl groups excluding tert-OH is 1. The summed E-state index contributed by atoms with van der Waals surface area (Å²) in [6, 6.07) is 17.0. The number of aromatic nitrogens is 1. The molecule has 1 amide bonds. The lowest BCUT2D eigenvalue weighted by molar-refractivity contribution is -0.134. The number of carbonyl (C=O) groups is 1. The molecule has 3 rings (SSSR count). The van der Waals surface area contributed by atoms with Crippen LogP contribution >= 0.6 is 0 Å². The highest BCUT2D eigenvalue weighted by atomic mass is 16.5. The van der Waals surface area contributed by atoms with E-state index in [1.807, 2.05) is 15.9 Å². The van der Waals surface area contributed by atoms with Gasteiger partial charge in [0, 0.05) is 49.4 Å². The predicted octanol–water partition coefficient (Wildman–Crippen LogP) is 5.78. The molecule has 0 spiro atoms. The Morgan fingerprint density at radius 1 is 1.00 bits per heavy atom. The van der Waals surface area contributed by atoms with Crippen molar-refractivity contribution in [3.63, 3.8) is 0 Å². The zero-order chi connectivity index (χ0) is 28.6. The Bertz CT molecular complexity index is 1160. The summed E-state index contributed by atoms with van der Waals surface area (Å²) in [5.74, 6) is 0.488. The fourth-order valence-corrected chi connectivity index (χ4v) is 4.71. The van der Waals surface area contributed by atoms with Crippen molar-refractivity contribution in [2.45, 2.75) is 79.0 Å². The molecule has 0 aliphatic carbocycles. The van der Waals surface area contributed by atoms with Crippen LogP contribution in [0.1, 0.15) is 65.2 Å². The van der Waals surface area contributed by atoms with Crippen LogP contribution in [-0.4, -0.2) is 70.8 Å². The Hall–Kier alpha value is -2.67. The van der Waals surface area contributed by atoms with E-state index in [1.54, 1.807) is 0 Å². The number of para-hydroxylation sites is 1. The molecule has 1 atom stereocenters. The first-order valence-corrected chi connectivity index (χ1v) is 14.4. The van der Waals surface area contributed by atoms with E-state index < -0.39 is 6.10 Å². The van der Waals surface area contributed by atoms with Gasteiger partial charge in [0.05, 0.1) is 19.3 Å². The number of nitrogens with zero attached hydrogens (tertiary/aromatic N) is 2. The molecule has 1 aromatic heterocycles. The molecule has 0 bridgehead atoms. The van der Waals surface area contributed by atoms with E-state index in [4.69, 9.17) is 4.74 Å². The van der Waals surface area contributed by atoms with Gasteiger partial charge >= 0.3 is 0 Å². The van der Waals surface area contributed by atoms with Crippen molar-refractivity contribution in [2.75, 3.05) is 32.8 Å². The number of aromatic amines is 1. The van der Waals surface area contributed by atoms with Crippen molar-refractivity contribution in [3.8, 4) is 0 Å². The van der Waals surface area contributed by atoms with Gasteiger partial charge in [-0.1, -0.05) is 77.1 Å². The molecular weight excluding hydrogens is 486 g/mol. The maximum atomic E-state index is 13.8. The normalized spacial score (nSPS) is 13.1. The van der Waals surface area contributed by atoms with Gasteiger partial charge in [-0.05, 0) is 54.4 Å². The Balaban J connectivity index is 1.73. The Kier molecular flexibility index (Phi) is 11.2. The third-order valence-electron chi connectivity index (χ3n) is 7.15. The lowest BCUT2D eigenvalue weighted by Crippen LogP contribution is -2.46. The quantitative estimate of drug-likeness (QED) is 0.275. The molecule has 0 fully saturated rings. The Morgan fingerprint density at radius 3 is 2.33 bits per heavy atom. The Labute approximate surface area is 235 Å². The number of aliphatic hydroxyl groups is 1. The van der Waals surface area contributed by atoms with Crippen molar-refractivity contribution in [1.82, 2.24) is 14.8 Å². The largest absolute Gasteiger partial charge is 0.389 e. The average Bonchev–Trinajstić information content (AvgIpc) is 3.28. The summed E-state index contributed by atoms with van der Waals surface area (Å²) < 4.78 is 5.64. The van der Waals surface area contributed by atoms with E-state index >= 15 is 0 Å². The summed E-state index contributed by atoms with van der Waals surface area (Å²) in [5.41, 5.74) is 4.81. The molecule has 0 aliphatic rings. The van der Waals surface area contributed by atoms with Gasteiger partial charge in [-0.25, -0.2) is 0 Å². The van der Waals surface area contributed by atoms with E-state index in [1.165, 1.54) is 16.5 Å². The number of carbonyl (C=O) groups excluding carboxylic acids is 1.